The number of hydrogen-bond donors (Lipinski definition) is 2. The summed E-state index contributed by atoms with van der Waals surface area (Å²) in [5, 5.41) is 10.0. The first-order valence-electron chi connectivity index (χ1n) is 10.2. The van der Waals surface area contributed by atoms with Crippen LogP contribution in [0.4, 0.5) is 5.13 Å². The van der Waals surface area contributed by atoms with Crippen LogP contribution in [-0.4, -0.2) is 73.0 Å². The Morgan fingerprint density at radius 1 is 1.19 bits per heavy atom. The molecule has 9 nitrogen and oxygen atoms in total. The molecular formula is C20H26N4O5S2. The zero-order valence-corrected chi connectivity index (χ0v) is 18.9. The first-order chi connectivity index (χ1) is 14.9. The van der Waals surface area contributed by atoms with Crippen molar-refractivity contribution in [2.75, 3.05) is 44.3 Å². The van der Waals surface area contributed by atoms with E-state index >= 15 is 0 Å². The van der Waals surface area contributed by atoms with Crippen LogP contribution >= 0.6 is 11.3 Å². The number of aryl methyl sites for hydroxylation is 1. The minimum atomic E-state index is -3.97. The van der Waals surface area contributed by atoms with Gasteiger partial charge < -0.3 is 9.64 Å². The lowest BCUT2D eigenvalue weighted by Crippen LogP contribution is -2.62. The summed E-state index contributed by atoms with van der Waals surface area (Å²) in [5.74, 6) is -0.888. The fourth-order valence-electron chi connectivity index (χ4n) is 4.16. The van der Waals surface area contributed by atoms with E-state index in [2.05, 4.69) is 28.9 Å². The summed E-state index contributed by atoms with van der Waals surface area (Å²) in [5.41, 5.74) is 3.88. The van der Waals surface area contributed by atoms with Crippen LogP contribution in [0.1, 0.15) is 18.4 Å². The summed E-state index contributed by atoms with van der Waals surface area (Å²) in [6, 6.07) is 8.13. The molecule has 0 aliphatic carbocycles. The maximum atomic E-state index is 13.4. The number of carbonyl (C=O) groups is 1. The Morgan fingerprint density at radius 2 is 1.87 bits per heavy atom. The molecule has 2 N–H and O–H groups in total. The van der Waals surface area contributed by atoms with Gasteiger partial charge in [-0.05, 0) is 18.1 Å². The maximum absolute atomic E-state index is 13.4. The van der Waals surface area contributed by atoms with Crippen molar-refractivity contribution in [2.24, 2.45) is 0 Å². The Labute approximate surface area is 185 Å². The number of nitrogens with one attached hydrogen (secondary N) is 1. The summed E-state index contributed by atoms with van der Waals surface area (Å²) >= 11 is 1.58. The third-order valence-corrected chi connectivity index (χ3v) is 9.78. The molecule has 31 heavy (non-hydrogen) atoms. The summed E-state index contributed by atoms with van der Waals surface area (Å²) in [6.07, 6.45) is 1.90. The standard InChI is InChI=1S/C20H26N4O5S2/c1-15-4-2-3-5-16(15)17-14-21-19(30-17)23-8-10-24(11-9-23)31(27,28)20(18(25)22-26)6-12-29-13-7-20/h2-5,14,26H,6-13H2,1H3,(H,22,25). The maximum Gasteiger partial charge on any atom is 0.266 e. The van der Waals surface area contributed by atoms with Crippen LogP contribution in [0.3, 0.4) is 0 Å². The van der Waals surface area contributed by atoms with Gasteiger partial charge in [-0.3, -0.25) is 10.0 Å². The van der Waals surface area contributed by atoms with Crippen LogP contribution in [-0.2, 0) is 19.6 Å². The Morgan fingerprint density at radius 3 is 2.52 bits per heavy atom. The number of nitrogens with zero attached hydrogens (tertiary/aromatic N) is 3. The van der Waals surface area contributed by atoms with E-state index in [1.54, 1.807) is 16.8 Å². The van der Waals surface area contributed by atoms with E-state index < -0.39 is 20.7 Å². The number of rotatable bonds is 5. The molecule has 3 heterocycles. The highest BCUT2D eigenvalue weighted by Gasteiger charge is 2.54. The number of ether oxygens (including phenoxy) is 1. The smallest absolute Gasteiger partial charge is 0.266 e. The monoisotopic (exact) mass is 466 g/mol. The molecule has 0 bridgehead atoms. The van der Waals surface area contributed by atoms with E-state index in [9.17, 15) is 18.4 Å². The topological polar surface area (TPSA) is 112 Å². The zero-order chi connectivity index (χ0) is 22.1. The normalized spacial score (nSPS) is 19.9. The fraction of sp³-hybridized carbons (Fsp3) is 0.500. The molecule has 0 atom stereocenters. The van der Waals surface area contributed by atoms with E-state index in [1.807, 2.05) is 18.3 Å². The number of carbonyl (C=O) groups excluding carboxylic acids is 1. The number of hydrogen-bond acceptors (Lipinski definition) is 8. The molecule has 0 spiro atoms. The van der Waals surface area contributed by atoms with Crippen LogP contribution in [0.5, 0.6) is 0 Å². The molecule has 2 aromatic rings. The van der Waals surface area contributed by atoms with Crippen molar-refractivity contribution >= 4 is 32.4 Å². The second-order valence-electron chi connectivity index (χ2n) is 7.76. The number of hydroxylamine groups is 1. The van der Waals surface area contributed by atoms with Crippen LogP contribution in [0, 0.1) is 6.92 Å². The highest BCUT2D eigenvalue weighted by Crippen LogP contribution is 2.36. The van der Waals surface area contributed by atoms with Crippen LogP contribution in [0.15, 0.2) is 30.5 Å². The van der Waals surface area contributed by atoms with E-state index in [-0.39, 0.29) is 39.1 Å². The van der Waals surface area contributed by atoms with Gasteiger partial charge in [-0.15, -0.1) is 0 Å². The van der Waals surface area contributed by atoms with Crippen molar-refractivity contribution in [3.05, 3.63) is 36.0 Å². The zero-order valence-electron chi connectivity index (χ0n) is 17.3. The van der Waals surface area contributed by atoms with E-state index in [0.29, 0.717) is 13.1 Å². The number of sulfonamides is 1. The third-order valence-electron chi connectivity index (χ3n) is 6.06. The summed E-state index contributed by atoms with van der Waals surface area (Å²) in [6.45, 7) is 3.85. The lowest BCUT2D eigenvalue weighted by molar-refractivity contribution is -0.134. The van der Waals surface area contributed by atoms with E-state index in [0.717, 1.165) is 15.6 Å². The van der Waals surface area contributed by atoms with E-state index in [4.69, 9.17) is 4.74 Å². The van der Waals surface area contributed by atoms with Gasteiger partial charge in [-0.25, -0.2) is 18.9 Å². The largest absolute Gasteiger partial charge is 0.381 e. The van der Waals surface area contributed by atoms with Crippen LogP contribution < -0.4 is 10.4 Å². The molecule has 1 aromatic heterocycles. The van der Waals surface area contributed by atoms with Crippen LogP contribution in [0.25, 0.3) is 10.4 Å². The molecule has 2 fully saturated rings. The van der Waals surface area contributed by atoms with Gasteiger partial charge in [0.1, 0.15) is 0 Å². The number of amides is 1. The number of piperazine rings is 1. The van der Waals surface area contributed by atoms with Gasteiger partial charge in [0, 0.05) is 58.4 Å². The van der Waals surface area contributed by atoms with Crippen molar-refractivity contribution in [1.29, 1.82) is 0 Å². The molecule has 2 aliphatic rings. The number of thiazole rings is 1. The second-order valence-corrected chi connectivity index (χ2v) is 11.0. The number of anilines is 1. The van der Waals surface area contributed by atoms with Crippen molar-refractivity contribution in [1.82, 2.24) is 14.8 Å². The van der Waals surface area contributed by atoms with Crippen molar-refractivity contribution < 1.29 is 23.2 Å². The van der Waals surface area contributed by atoms with E-state index in [1.165, 1.54) is 9.87 Å². The number of aromatic nitrogens is 1. The lowest BCUT2D eigenvalue weighted by atomic mass is 9.98. The minimum absolute atomic E-state index is 0.0220. The van der Waals surface area contributed by atoms with Gasteiger partial charge in [0.15, 0.2) is 9.88 Å². The second kappa shape index (κ2) is 8.83. The average molecular weight is 467 g/mol. The highest BCUT2D eigenvalue weighted by atomic mass is 32.2. The van der Waals surface area contributed by atoms with Gasteiger partial charge in [0.2, 0.25) is 10.0 Å². The summed E-state index contributed by atoms with van der Waals surface area (Å²) < 4.78 is 31.7. The van der Waals surface area contributed by atoms with Gasteiger partial charge in [0.05, 0.1) is 4.88 Å². The molecule has 0 unspecified atom stereocenters. The van der Waals surface area contributed by atoms with Crippen molar-refractivity contribution in [3.63, 3.8) is 0 Å². The van der Waals surface area contributed by atoms with Gasteiger partial charge >= 0.3 is 0 Å². The van der Waals surface area contributed by atoms with Gasteiger partial charge in [-0.1, -0.05) is 35.6 Å². The number of benzene rings is 1. The van der Waals surface area contributed by atoms with Gasteiger partial charge in [0.25, 0.3) is 5.91 Å². The predicted molar refractivity (Wildman–Crippen MR) is 118 cm³/mol. The quantitative estimate of drug-likeness (QED) is 0.509. The molecule has 0 radical (unpaired) electrons. The molecule has 1 amide bonds. The molecule has 2 saturated heterocycles. The Bertz CT molecular complexity index is 1040. The minimum Gasteiger partial charge on any atom is -0.381 e. The summed E-state index contributed by atoms with van der Waals surface area (Å²) in [7, 11) is -3.97. The predicted octanol–water partition coefficient (Wildman–Crippen LogP) is 1.62. The molecular weight excluding hydrogens is 440 g/mol. The molecule has 4 rings (SSSR count). The van der Waals surface area contributed by atoms with Crippen molar-refractivity contribution in [2.45, 2.75) is 24.5 Å². The highest BCUT2D eigenvalue weighted by molar-refractivity contribution is 7.91. The first kappa shape index (κ1) is 22.2. The summed E-state index contributed by atoms with van der Waals surface area (Å²) in [4.78, 5) is 20.1. The van der Waals surface area contributed by atoms with Crippen LogP contribution in [0.2, 0.25) is 0 Å². The lowest BCUT2D eigenvalue weighted by Gasteiger charge is -2.41. The SMILES string of the molecule is Cc1ccccc1-c1cnc(N2CCN(S(=O)(=O)C3(C(=O)NO)CCOCC3)CC2)s1. The molecule has 168 valence electrons. The fourth-order valence-corrected chi connectivity index (χ4v) is 7.32. The molecule has 11 heteroatoms. The van der Waals surface area contributed by atoms with Crippen molar-refractivity contribution in [3.8, 4) is 10.4 Å². The Balaban J connectivity index is 1.48. The first-order valence-corrected chi connectivity index (χ1v) is 12.4. The Kier molecular flexibility index (Phi) is 6.31. The van der Waals surface area contributed by atoms with Gasteiger partial charge in [-0.2, -0.15) is 4.31 Å². The molecule has 1 aromatic carbocycles. The molecule has 2 aliphatic heterocycles. The Hall–Kier alpha value is -2.05. The molecule has 0 saturated carbocycles. The average Bonchev–Trinajstić information content (AvgIpc) is 3.29. The third kappa shape index (κ3) is 3.96.